The molecule has 1 nitrogen and oxygen atoms in total. The van der Waals surface area contributed by atoms with E-state index in [4.69, 9.17) is 11.6 Å². The van der Waals surface area contributed by atoms with Gasteiger partial charge in [-0.1, -0.05) is 18.2 Å². The quantitative estimate of drug-likeness (QED) is 0.597. The van der Waals surface area contributed by atoms with E-state index in [1.807, 2.05) is 0 Å². The van der Waals surface area contributed by atoms with Gasteiger partial charge in [-0.3, -0.25) is 5.32 Å². The minimum absolute atomic E-state index is 0.525. The minimum atomic E-state index is 0.525. The van der Waals surface area contributed by atoms with Crippen LogP contribution in [0.4, 0.5) is 0 Å². The fraction of sp³-hybridized carbons (Fsp3) is 0.500. The molecule has 1 aliphatic carbocycles. The molecule has 1 aromatic rings. The van der Waals surface area contributed by atoms with E-state index in [0.29, 0.717) is 6.00 Å². The van der Waals surface area contributed by atoms with E-state index in [9.17, 15) is 0 Å². The van der Waals surface area contributed by atoms with Crippen LogP contribution in [-0.2, 0) is 19.4 Å². The first-order valence-electron chi connectivity index (χ1n) is 5.27. The van der Waals surface area contributed by atoms with Crippen molar-refractivity contribution < 1.29 is 0 Å². The molecule has 0 bridgehead atoms. The van der Waals surface area contributed by atoms with Crippen LogP contribution in [-0.4, -0.2) is 6.00 Å². The van der Waals surface area contributed by atoms with Crippen molar-refractivity contribution in [2.75, 3.05) is 6.00 Å². The van der Waals surface area contributed by atoms with Crippen LogP contribution >= 0.6 is 11.6 Å². The van der Waals surface area contributed by atoms with Crippen LogP contribution in [0.3, 0.4) is 0 Å². The van der Waals surface area contributed by atoms with Crippen LogP contribution < -0.4 is 5.32 Å². The van der Waals surface area contributed by atoms with Gasteiger partial charge < -0.3 is 0 Å². The molecular formula is C12H16ClN. The smallest absolute Gasteiger partial charge is 0.0716 e. The lowest BCUT2D eigenvalue weighted by Gasteiger charge is -2.16. The van der Waals surface area contributed by atoms with E-state index in [0.717, 1.165) is 6.54 Å². The maximum atomic E-state index is 5.58. The first-order chi connectivity index (χ1) is 6.90. The Bertz CT molecular complexity index is 309. The van der Waals surface area contributed by atoms with Gasteiger partial charge in [-0.05, 0) is 42.4 Å². The average Bonchev–Trinajstić information content (AvgIpc) is 2.26. The molecule has 1 aliphatic rings. The molecule has 0 spiro atoms. The zero-order chi connectivity index (χ0) is 9.80. The Labute approximate surface area is 90.5 Å². The molecule has 0 amide bonds. The van der Waals surface area contributed by atoms with Crippen LogP contribution in [0.1, 0.15) is 29.5 Å². The molecule has 76 valence electrons. The Hall–Kier alpha value is -0.530. The predicted molar refractivity (Wildman–Crippen MR) is 60.6 cm³/mol. The van der Waals surface area contributed by atoms with Crippen molar-refractivity contribution in [3.8, 4) is 0 Å². The molecule has 0 saturated heterocycles. The van der Waals surface area contributed by atoms with E-state index in [2.05, 4.69) is 23.5 Å². The van der Waals surface area contributed by atoms with Crippen LogP contribution in [0, 0.1) is 0 Å². The Morgan fingerprint density at radius 3 is 2.71 bits per heavy atom. The molecule has 0 atom stereocenters. The van der Waals surface area contributed by atoms with Crippen molar-refractivity contribution in [2.24, 2.45) is 0 Å². The second kappa shape index (κ2) is 4.81. The fourth-order valence-corrected chi connectivity index (χ4v) is 2.18. The van der Waals surface area contributed by atoms with E-state index >= 15 is 0 Å². The van der Waals surface area contributed by atoms with E-state index in [1.165, 1.54) is 31.2 Å². The molecule has 1 N–H and O–H groups in total. The van der Waals surface area contributed by atoms with Crippen LogP contribution in [0.5, 0.6) is 0 Å². The van der Waals surface area contributed by atoms with Crippen LogP contribution in [0.25, 0.3) is 0 Å². The number of fused-ring (bicyclic) bond motifs is 1. The van der Waals surface area contributed by atoms with Crippen LogP contribution in [0.15, 0.2) is 18.2 Å². The highest BCUT2D eigenvalue weighted by Gasteiger charge is 2.08. The SMILES string of the molecule is ClCNCc1ccc2c(c1)CCCC2. The molecular weight excluding hydrogens is 194 g/mol. The topological polar surface area (TPSA) is 12.0 Å². The van der Waals surface area contributed by atoms with Gasteiger partial charge in [0, 0.05) is 6.54 Å². The van der Waals surface area contributed by atoms with Gasteiger partial charge in [0.15, 0.2) is 0 Å². The second-order valence-corrected chi connectivity index (χ2v) is 4.14. The molecule has 0 radical (unpaired) electrons. The van der Waals surface area contributed by atoms with Crippen molar-refractivity contribution in [1.29, 1.82) is 0 Å². The summed E-state index contributed by atoms with van der Waals surface area (Å²) >= 11 is 5.58. The van der Waals surface area contributed by atoms with Gasteiger partial charge in [0.05, 0.1) is 6.00 Å². The molecule has 0 aromatic heterocycles. The molecule has 2 rings (SSSR count). The number of alkyl halides is 1. The highest BCUT2D eigenvalue weighted by atomic mass is 35.5. The molecule has 14 heavy (non-hydrogen) atoms. The monoisotopic (exact) mass is 209 g/mol. The Kier molecular flexibility index (Phi) is 3.44. The lowest BCUT2D eigenvalue weighted by Crippen LogP contribution is -2.11. The van der Waals surface area contributed by atoms with Gasteiger partial charge in [-0.25, -0.2) is 0 Å². The largest absolute Gasteiger partial charge is 0.300 e. The number of benzene rings is 1. The molecule has 1 aromatic carbocycles. The van der Waals surface area contributed by atoms with E-state index in [-0.39, 0.29) is 0 Å². The second-order valence-electron chi connectivity index (χ2n) is 3.87. The van der Waals surface area contributed by atoms with Gasteiger partial charge in [-0.2, -0.15) is 0 Å². The summed E-state index contributed by atoms with van der Waals surface area (Å²) in [6, 6.07) is 7.34. The highest BCUT2D eigenvalue weighted by molar-refractivity contribution is 6.17. The molecule has 0 heterocycles. The summed E-state index contributed by atoms with van der Waals surface area (Å²) in [5, 5.41) is 3.14. The molecule has 2 heteroatoms. The fourth-order valence-electron chi connectivity index (χ4n) is 2.09. The summed E-state index contributed by atoms with van der Waals surface area (Å²) in [7, 11) is 0. The maximum Gasteiger partial charge on any atom is 0.0716 e. The van der Waals surface area contributed by atoms with Gasteiger partial charge in [0.25, 0.3) is 0 Å². The highest BCUT2D eigenvalue weighted by Crippen LogP contribution is 2.22. The van der Waals surface area contributed by atoms with Crippen LogP contribution in [0.2, 0.25) is 0 Å². The lowest BCUT2D eigenvalue weighted by molar-refractivity contribution is 0.682. The summed E-state index contributed by atoms with van der Waals surface area (Å²) < 4.78 is 0. The number of halogens is 1. The van der Waals surface area contributed by atoms with Gasteiger partial charge in [0.1, 0.15) is 0 Å². The first kappa shape index (κ1) is 10.0. The Balaban J connectivity index is 2.12. The summed E-state index contributed by atoms with van der Waals surface area (Å²) in [5.74, 6) is 0. The normalized spacial score (nSPS) is 15.2. The molecule has 0 fully saturated rings. The average molecular weight is 210 g/mol. The number of aryl methyl sites for hydroxylation is 2. The Morgan fingerprint density at radius 2 is 1.93 bits per heavy atom. The third-order valence-corrected chi connectivity index (χ3v) is 3.03. The molecule has 0 aliphatic heterocycles. The maximum absolute atomic E-state index is 5.58. The third-order valence-electron chi connectivity index (χ3n) is 2.84. The summed E-state index contributed by atoms with van der Waals surface area (Å²) in [6.45, 7) is 0.886. The molecule has 0 unspecified atom stereocenters. The zero-order valence-electron chi connectivity index (χ0n) is 8.35. The Morgan fingerprint density at radius 1 is 1.14 bits per heavy atom. The van der Waals surface area contributed by atoms with E-state index < -0.39 is 0 Å². The van der Waals surface area contributed by atoms with Crippen molar-refractivity contribution in [1.82, 2.24) is 5.32 Å². The summed E-state index contributed by atoms with van der Waals surface area (Å²) in [6.07, 6.45) is 5.22. The van der Waals surface area contributed by atoms with E-state index in [1.54, 1.807) is 11.1 Å². The third kappa shape index (κ3) is 2.28. The minimum Gasteiger partial charge on any atom is -0.300 e. The van der Waals surface area contributed by atoms with Crippen molar-refractivity contribution >= 4 is 11.6 Å². The van der Waals surface area contributed by atoms with Gasteiger partial charge in [-0.15, -0.1) is 11.6 Å². The number of hydrogen-bond donors (Lipinski definition) is 1. The molecule has 0 saturated carbocycles. The number of nitrogens with one attached hydrogen (secondary N) is 1. The summed E-state index contributed by atoms with van der Waals surface area (Å²) in [5.41, 5.74) is 4.45. The van der Waals surface area contributed by atoms with Gasteiger partial charge >= 0.3 is 0 Å². The number of rotatable bonds is 3. The first-order valence-corrected chi connectivity index (χ1v) is 5.81. The number of hydrogen-bond acceptors (Lipinski definition) is 1. The van der Waals surface area contributed by atoms with Crippen molar-refractivity contribution in [3.63, 3.8) is 0 Å². The zero-order valence-corrected chi connectivity index (χ0v) is 9.11. The van der Waals surface area contributed by atoms with Gasteiger partial charge in [0.2, 0.25) is 0 Å². The lowest BCUT2D eigenvalue weighted by atomic mass is 9.90. The van der Waals surface area contributed by atoms with Crippen molar-refractivity contribution in [3.05, 3.63) is 34.9 Å². The predicted octanol–water partition coefficient (Wildman–Crippen LogP) is 2.85. The standard InChI is InChI=1S/C12H16ClN/c13-9-14-8-10-5-6-11-3-1-2-4-12(11)7-10/h5-7,14H,1-4,8-9H2. The summed E-state index contributed by atoms with van der Waals surface area (Å²) in [4.78, 5) is 0. The van der Waals surface area contributed by atoms with Crippen molar-refractivity contribution in [2.45, 2.75) is 32.2 Å².